The van der Waals surface area contributed by atoms with Crippen LogP contribution in [-0.4, -0.2) is 72.0 Å². The highest BCUT2D eigenvalue weighted by molar-refractivity contribution is 7.89. The van der Waals surface area contributed by atoms with Crippen molar-refractivity contribution in [2.75, 3.05) is 39.3 Å². The molecule has 2 N–H and O–H groups in total. The molecule has 1 aliphatic rings. The molecule has 0 bridgehead atoms. The van der Waals surface area contributed by atoms with Gasteiger partial charge < -0.3 is 10.1 Å². The fourth-order valence-corrected chi connectivity index (χ4v) is 3.75. The number of hydrogen-bond acceptors (Lipinski definition) is 5. The van der Waals surface area contributed by atoms with E-state index in [1.807, 2.05) is 6.92 Å². The van der Waals surface area contributed by atoms with E-state index in [9.17, 15) is 8.42 Å². The van der Waals surface area contributed by atoms with Gasteiger partial charge in [0.2, 0.25) is 0 Å². The monoisotopic (exact) mass is 302 g/mol. The first-order valence-electron chi connectivity index (χ1n) is 6.95. The number of aliphatic hydroxyl groups excluding tert-OH is 1. The van der Waals surface area contributed by atoms with Gasteiger partial charge in [0.1, 0.15) is 5.82 Å². The number of aromatic amines is 1. The van der Waals surface area contributed by atoms with E-state index in [0.717, 1.165) is 13.0 Å². The smallest absolute Gasteiger partial charge is 0.260 e. The van der Waals surface area contributed by atoms with Crippen LogP contribution in [-0.2, 0) is 16.4 Å². The summed E-state index contributed by atoms with van der Waals surface area (Å²) in [5, 5.41) is 9.13. The van der Waals surface area contributed by atoms with Gasteiger partial charge in [0.05, 0.1) is 12.8 Å². The van der Waals surface area contributed by atoms with Gasteiger partial charge in [0.15, 0.2) is 5.03 Å². The maximum Gasteiger partial charge on any atom is 0.260 e. The third-order valence-corrected chi connectivity index (χ3v) is 5.33. The molecule has 0 unspecified atom stereocenters. The van der Waals surface area contributed by atoms with Crippen molar-refractivity contribution in [1.29, 1.82) is 0 Å². The summed E-state index contributed by atoms with van der Waals surface area (Å²) in [7, 11) is -3.49. The SMILES string of the molecule is CCc1ncc(S(=O)(=O)N2CCCN(CCO)CC2)[nH]1. The van der Waals surface area contributed by atoms with Crippen molar-refractivity contribution in [3.8, 4) is 0 Å². The Morgan fingerprint density at radius 2 is 2.15 bits per heavy atom. The molecule has 20 heavy (non-hydrogen) atoms. The number of rotatable bonds is 5. The standard InChI is InChI=1S/C12H22N4O3S/c1-2-11-13-10-12(14-11)20(18,19)16-5-3-4-15(6-7-16)8-9-17/h10,17H,2-9H2,1H3,(H,13,14). The molecule has 0 amide bonds. The number of nitrogens with zero attached hydrogens (tertiary/aromatic N) is 3. The van der Waals surface area contributed by atoms with Gasteiger partial charge in [-0.3, -0.25) is 4.90 Å². The van der Waals surface area contributed by atoms with E-state index in [1.54, 1.807) is 0 Å². The lowest BCUT2D eigenvalue weighted by atomic mass is 10.4. The van der Waals surface area contributed by atoms with Gasteiger partial charge in [-0.25, -0.2) is 13.4 Å². The first kappa shape index (κ1) is 15.4. The molecule has 114 valence electrons. The summed E-state index contributed by atoms with van der Waals surface area (Å²) < 4.78 is 26.5. The zero-order valence-electron chi connectivity index (χ0n) is 11.7. The Bertz CT molecular complexity index is 529. The van der Waals surface area contributed by atoms with Gasteiger partial charge in [-0.2, -0.15) is 4.31 Å². The maximum atomic E-state index is 12.5. The Balaban J connectivity index is 2.09. The van der Waals surface area contributed by atoms with Crippen LogP contribution in [0.1, 0.15) is 19.2 Å². The van der Waals surface area contributed by atoms with Gasteiger partial charge in [0.25, 0.3) is 10.0 Å². The highest BCUT2D eigenvalue weighted by Gasteiger charge is 2.28. The fraction of sp³-hybridized carbons (Fsp3) is 0.750. The molecule has 1 fully saturated rings. The Morgan fingerprint density at radius 3 is 2.80 bits per heavy atom. The number of aliphatic hydroxyl groups is 1. The molecule has 8 heteroatoms. The summed E-state index contributed by atoms with van der Waals surface area (Å²) in [6.07, 6.45) is 2.85. The molecule has 2 rings (SSSR count). The molecule has 0 radical (unpaired) electrons. The summed E-state index contributed by atoms with van der Waals surface area (Å²) in [6, 6.07) is 0. The fourth-order valence-electron chi connectivity index (χ4n) is 2.35. The second-order valence-electron chi connectivity index (χ2n) is 4.87. The van der Waals surface area contributed by atoms with Crippen LogP contribution in [0.3, 0.4) is 0 Å². The first-order valence-corrected chi connectivity index (χ1v) is 8.39. The number of hydrogen-bond donors (Lipinski definition) is 2. The van der Waals surface area contributed by atoms with Crippen molar-refractivity contribution in [3.05, 3.63) is 12.0 Å². The first-order chi connectivity index (χ1) is 9.57. The molecule has 0 aliphatic carbocycles. The lowest BCUT2D eigenvalue weighted by Gasteiger charge is -2.20. The summed E-state index contributed by atoms with van der Waals surface area (Å²) in [6.45, 7) is 5.04. The molecule has 1 aromatic heterocycles. The Labute approximate surface area is 119 Å². The number of imidazole rings is 1. The van der Waals surface area contributed by atoms with Gasteiger partial charge in [-0.15, -0.1) is 0 Å². The molecule has 0 atom stereocenters. The summed E-state index contributed by atoms with van der Waals surface area (Å²) in [5.74, 6) is 0.681. The van der Waals surface area contributed by atoms with Gasteiger partial charge in [-0.1, -0.05) is 6.92 Å². The number of aromatic nitrogens is 2. The van der Waals surface area contributed by atoms with Crippen molar-refractivity contribution >= 4 is 10.0 Å². The zero-order chi connectivity index (χ0) is 14.6. The molecule has 1 saturated heterocycles. The lowest BCUT2D eigenvalue weighted by molar-refractivity contribution is 0.202. The van der Waals surface area contributed by atoms with Crippen LogP contribution in [0.4, 0.5) is 0 Å². The molecule has 0 saturated carbocycles. The molecule has 1 aliphatic heterocycles. The second kappa shape index (κ2) is 6.66. The van der Waals surface area contributed by atoms with Crippen LogP contribution in [0, 0.1) is 0 Å². The molecule has 1 aromatic rings. The normalized spacial score (nSPS) is 19.1. The Hall–Kier alpha value is -0.960. The average molecular weight is 302 g/mol. The summed E-state index contributed by atoms with van der Waals surface area (Å²) in [4.78, 5) is 9.00. The zero-order valence-corrected chi connectivity index (χ0v) is 12.6. The largest absolute Gasteiger partial charge is 0.395 e. The van der Waals surface area contributed by atoms with E-state index in [2.05, 4.69) is 14.9 Å². The quantitative estimate of drug-likeness (QED) is 0.777. The van der Waals surface area contributed by atoms with Crippen molar-refractivity contribution in [2.24, 2.45) is 0 Å². The molecular weight excluding hydrogens is 280 g/mol. The topological polar surface area (TPSA) is 89.5 Å². The minimum absolute atomic E-state index is 0.104. The van der Waals surface area contributed by atoms with Gasteiger partial charge >= 0.3 is 0 Å². The van der Waals surface area contributed by atoms with Crippen LogP contribution in [0.2, 0.25) is 0 Å². The van der Waals surface area contributed by atoms with Gasteiger partial charge in [-0.05, 0) is 13.0 Å². The van der Waals surface area contributed by atoms with Crippen LogP contribution in [0.25, 0.3) is 0 Å². The van der Waals surface area contributed by atoms with Crippen molar-refractivity contribution < 1.29 is 13.5 Å². The highest BCUT2D eigenvalue weighted by Crippen LogP contribution is 2.16. The Kier molecular flexibility index (Phi) is 5.14. The molecule has 0 aromatic carbocycles. The molecular formula is C12H22N4O3S. The number of aryl methyl sites for hydroxylation is 1. The minimum atomic E-state index is -3.49. The van der Waals surface area contributed by atoms with Crippen LogP contribution in [0.15, 0.2) is 11.2 Å². The maximum absolute atomic E-state index is 12.5. The van der Waals surface area contributed by atoms with E-state index in [0.29, 0.717) is 38.4 Å². The Morgan fingerprint density at radius 1 is 1.35 bits per heavy atom. The van der Waals surface area contributed by atoms with Crippen LogP contribution < -0.4 is 0 Å². The van der Waals surface area contributed by atoms with E-state index in [-0.39, 0.29) is 11.6 Å². The van der Waals surface area contributed by atoms with Crippen LogP contribution >= 0.6 is 0 Å². The van der Waals surface area contributed by atoms with E-state index in [1.165, 1.54) is 10.5 Å². The number of β-amino-alcohol motifs (C(OH)–C–C–N with tert-alkyl or cyclic N) is 1. The van der Waals surface area contributed by atoms with E-state index >= 15 is 0 Å². The molecule has 0 spiro atoms. The summed E-state index contributed by atoms with van der Waals surface area (Å²) in [5.41, 5.74) is 0. The highest BCUT2D eigenvalue weighted by atomic mass is 32.2. The van der Waals surface area contributed by atoms with Crippen molar-refractivity contribution in [2.45, 2.75) is 24.8 Å². The predicted octanol–water partition coefficient (Wildman–Crippen LogP) is -0.339. The number of nitrogens with one attached hydrogen (secondary N) is 1. The molecule has 2 heterocycles. The number of H-pyrrole nitrogens is 1. The third kappa shape index (κ3) is 3.38. The minimum Gasteiger partial charge on any atom is -0.395 e. The summed E-state index contributed by atoms with van der Waals surface area (Å²) >= 11 is 0. The van der Waals surface area contributed by atoms with Crippen molar-refractivity contribution in [1.82, 2.24) is 19.2 Å². The lowest BCUT2D eigenvalue weighted by Crippen LogP contribution is -2.36. The van der Waals surface area contributed by atoms with E-state index in [4.69, 9.17) is 5.11 Å². The second-order valence-corrected chi connectivity index (χ2v) is 6.78. The average Bonchev–Trinajstić information content (AvgIpc) is 2.80. The predicted molar refractivity (Wildman–Crippen MR) is 74.9 cm³/mol. The molecule has 7 nitrogen and oxygen atoms in total. The number of sulfonamides is 1. The van der Waals surface area contributed by atoms with Gasteiger partial charge in [0, 0.05) is 32.6 Å². The van der Waals surface area contributed by atoms with E-state index < -0.39 is 10.0 Å². The third-order valence-electron chi connectivity index (χ3n) is 3.52. The van der Waals surface area contributed by atoms with Crippen molar-refractivity contribution in [3.63, 3.8) is 0 Å². The van der Waals surface area contributed by atoms with Crippen LogP contribution in [0.5, 0.6) is 0 Å².